The molecule has 6 nitrogen and oxygen atoms in total. The maximum Gasteiger partial charge on any atom is 0.143 e. The summed E-state index contributed by atoms with van der Waals surface area (Å²) in [4.78, 5) is 0. The first kappa shape index (κ1) is 17.0. The topological polar surface area (TPSA) is 64.9 Å². The molecule has 0 saturated heterocycles. The molecule has 2 aromatic carbocycles. The van der Waals surface area contributed by atoms with Crippen LogP contribution in [0, 0.1) is 5.82 Å². The molecule has 3 rings (SSSR count). The molecule has 0 saturated carbocycles. The SMILES string of the molecule is COc1cccc(F)c1[C@@H](C)N[C@H](C)c1ccc(-n2cnnn2)cc1. The number of rotatable bonds is 6. The van der Waals surface area contributed by atoms with Gasteiger partial charge >= 0.3 is 0 Å². The fourth-order valence-electron chi connectivity index (χ4n) is 2.87. The van der Waals surface area contributed by atoms with Gasteiger partial charge in [-0.15, -0.1) is 5.10 Å². The molecule has 0 aliphatic heterocycles. The van der Waals surface area contributed by atoms with Crippen molar-refractivity contribution in [1.29, 1.82) is 0 Å². The number of aromatic nitrogens is 4. The van der Waals surface area contributed by atoms with Crippen molar-refractivity contribution in [2.24, 2.45) is 0 Å². The van der Waals surface area contributed by atoms with Crippen molar-refractivity contribution in [3.63, 3.8) is 0 Å². The van der Waals surface area contributed by atoms with Crippen molar-refractivity contribution in [1.82, 2.24) is 25.5 Å². The molecule has 1 aromatic heterocycles. The molecular weight excluding hydrogens is 321 g/mol. The average Bonchev–Trinajstić information content (AvgIpc) is 3.16. The van der Waals surface area contributed by atoms with Crippen molar-refractivity contribution < 1.29 is 9.13 Å². The molecule has 130 valence electrons. The van der Waals surface area contributed by atoms with Gasteiger partial charge in [0.1, 0.15) is 17.9 Å². The summed E-state index contributed by atoms with van der Waals surface area (Å²) < 4.78 is 21.1. The number of tetrazole rings is 1. The van der Waals surface area contributed by atoms with Gasteiger partial charge in [-0.3, -0.25) is 0 Å². The zero-order valence-corrected chi connectivity index (χ0v) is 14.3. The van der Waals surface area contributed by atoms with E-state index in [9.17, 15) is 4.39 Å². The van der Waals surface area contributed by atoms with Crippen LogP contribution in [0.25, 0.3) is 5.69 Å². The minimum atomic E-state index is -0.277. The summed E-state index contributed by atoms with van der Waals surface area (Å²) in [6.07, 6.45) is 1.54. The van der Waals surface area contributed by atoms with E-state index >= 15 is 0 Å². The Bertz CT molecular complexity index is 820. The Morgan fingerprint density at radius 2 is 1.84 bits per heavy atom. The highest BCUT2D eigenvalue weighted by molar-refractivity contribution is 5.38. The largest absolute Gasteiger partial charge is 0.496 e. The van der Waals surface area contributed by atoms with Gasteiger partial charge in [0.15, 0.2) is 0 Å². The Morgan fingerprint density at radius 3 is 2.48 bits per heavy atom. The van der Waals surface area contributed by atoms with E-state index < -0.39 is 0 Å². The number of hydrogen-bond donors (Lipinski definition) is 1. The number of hydrogen-bond acceptors (Lipinski definition) is 5. The quantitative estimate of drug-likeness (QED) is 0.746. The lowest BCUT2D eigenvalue weighted by molar-refractivity contribution is 0.387. The second-order valence-corrected chi connectivity index (χ2v) is 5.81. The van der Waals surface area contributed by atoms with Gasteiger partial charge in [-0.1, -0.05) is 18.2 Å². The number of nitrogens with zero attached hydrogens (tertiary/aromatic N) is 4. The van der Waals surface area contributed by atoms with Crippen LogP contribution in [-0.4, -0.2) is 27.3 Å². The highest BCUT2D eigenvalue weighted by Gasteiger charge is 2.18. The van der Waals surface area contributed by atoms with Gasteiger partial charge in [0, 0.05) is 17.6 Å². The fourth-order valence-corrected chi connectivity index (χ4v) is 2.87. The predicted octanol–water partition coefficient (Wildman–Crippen LogP) is 3.22. The van der Waals surface area contributed by atoms with Crippen LogP contribution in [0.5, 0.6) is 5.75 Å². The molecule has 0 radical (unpaired) electrons. The van der Waals surface area contributed by atoms with Crippen molar-refractivity contribution in [2.45, 2.75) is 25.9 Å². The Labute approximate surface area is 145 Å². The average molecular weight is 341 g/mol. The van der Waals surface area contributed by atoms with Crippen LogP contribution >= 0.6 is 0 Å². The number of halogens is 1. The van der Waals surface area contributed by atoms with E-state index in [4.69, 9.17) is 4.74 Å². The Balaban J connectivity index is 1.75. The summed E-state index contributed by atoms with van der Waals surface area (Å²) in [5, 5.41) is 14.5. The van der Waals surface area contributed by atoms with Crippen LogP contribution in [0.2, 0.25) is 0 Å². The molecule has 0 spiro atoms. The number of benzene rings is 2. The van der Waals surface area contributed by atoms with Crippen LogP contribution < -0.4 is 10.1 Å². The molecule has 0 unspecified atom stereocenters. The van der Waals surface area contributed by atoms with Crippen LogP contribution in [-0.2, 0) is 0 Å². The first-order valence-electron chi connectivity index (χ1n) is 8.02. The normalized spacial score (nSPS) is 13.4. The lowest BCUT2D eigenvalue weighted by Crippen LogP contribution is -2.23. The van der Waals surface area contributed by atoms with Crippen molar-refractivity contribution in [2.75, 3.05) is 7.11 Å². The van der Waals surface area contributed by atoms with Crippen molar-refractivity contribution >= 4 is 0 Å². The van der Waals surface area contributed by atoms with Crippen LogP contribution in [0.15, 0.2) is 48.8 Å². The first-order chi connectivity index (χ1) is 12.1. The van der Waals surface area contributed by atoms with Gasteiger partial charge in [-0.25, -0.2) is 9.07 Å². The van der Waals surface area contributed by atoms with E-state index in [1.165, 1.54) is 6.07 Å². The summed E-state index contributed by atoms with van der Waals surface area (Å²) in [5.74, 6) is 0.266. The molecule has 1 heterocycles. The molecule has 1 N–H and O–H groups in total. The van der Waals surface area contributed by atoms with E-state index in [0.717, 1.165) is 11.3 Å². The van der Waals surface area contributed by atoms with Gasteiger partial charge in [0.2, 0.25) is 0 Å². The smallest absolute Gasteiger partial charge is 0.143 e. The van der Waals surface area contributed by atoms with Crippen molar-refractivity contribution in [3.05, 3.63) is 65.7 Å². The Morgan fingerprint density at radius 1 is 1.08 bits per heavy atom. The van der Waals surface area contributed by atoms with E-state index in [0.29, 0.717) is 11.3 Å². The maximum absolute atomic E-state index is 14.2. The first-order valence-corrected chi connectivity index (χ1v) is 8.02. The third-order valence-corrected chi connectivity index (χ3v) is 4.17. The summed E-state index contributed by atoms with van der Waals surface area (Å²) in [6, 6.07) is 12.6. The molecule has 7 heteroatoms. The van der Waals surface area contributed by atoms with Gasteiger partial charge < -0.3 is 10.1 Å². The highest BCUT2D eigenvalue weighted by Crippen LogP contribution is 2.29. The highest BCUT2D eigenvalue weighted by atomic mass is 19.1. The minimum absolute atomic E-state index is 0.0298. The lowest BCUT2D eigenvalue weighted by Gasteiger charge is -2.23. The zero-order valence-electron chi connectivity index (χ0n) is 14.3. The van der Waals surface area contributed by atoms with E-state index in [-0.39, 0.29) is 17.9 Å². The third-order valence-electron chi connectivity index (χ3n) is 4.17. The van der Waals surface area contributed by atoms with Crippen molar-refractivity contribution in [3.8, 4) is 11.4 Å². The molecule has 0 aliphatic rings. The maximum atomic E-state index is 14.2. The Hall–Kier alpha value is -2.80. The van der Waals surface area contributed by atoms with Gasteiger partial charge in [0.25, 0.3) is 0 Å². The summed E-state index contributed by atoms with van der Waals surface area (Å²) >= 11 is 0. The molecule has 25 heavy (non-hydrogen) atoms. The number of nitrogens with one attached hydrogen (secondary N) is 1. The zero-order chi connectivity index (χ0) is 17.8. The fraction of sp³-hybridized carbons (Fsp3) is 0.278. The van der Waals surface area contributed by atoms with Gasteiger partial charge in [-0.05, 0) is 54.1 Å². The molecule has 3 aromatic rings. The minimum Gasteiger partial charge on any atom is -0.496 e. The lowest BCUT2D eigenvalue weighted by atomic mass is 10.0. The van der Waals surface area contributed by atoms with Gasteiger partial charge in [0.05, 0.1) is 12.8 Å². The van der Waals surface area contributed by atoms with E-state index in [2.05, 4.69) is 20.8 Å². The third kappa shape index (κ3) is 3.66. The van der Waals surface area contributed by atoms with Crippen LogP contribution in [0.4, 0.5) is 4.39 Å². The van der Waals surface area contributed by atoms with E-state index in [1.807, 2.05) is 38.1 Å². The van der Waals surface area contributed by atoms with Gasteiger partial charge in [-0.2, -0.15) is 0 Å². The molecule has 0 bridgehead atoms. The summed E-state index contributed by atoms with van der Waals surface area (Å²) in [7, 11) is 1.55. The summed E-state index contributed by atoms with van der Waals surface area (Å²) in [6.45, 7) is 3.96. The summed E-state index contributed by atoms with van der Waals surface area (Å²) in [5.41, 5.74) is 2.49. The monoisotopic (exact) mass is 341 g/mol. The molecule has 2 atom stereocenters. The van der Waals surface area contributed by atoms with Crippen LogP contribution in [0.1, 0.15) is 37.1 Å². The Kier molecular flexibility index (Phi) is 5.04. The molecule has 0 fully saturated rings. The number of methoxy groups -OCH3 is 1. The predicted molar refractivity (Wildman–Crippen MR) is 92.1 cm³/mol. The van der Waals surface area contributed by atoms with E-state index in [1.54, 1.807) is 30.3 Å². The second-order valence-electron chi connectivity index (χ2n) is 5.81. The standard InChI is InChI=1S/C18H20FN5O/c1-12(14-7-9-15(10-8-14)24-11-20-22-23-24)21-13(2)18-16(19)5-4-6-17(18)25-3/h4-13,21H,1-3H3/t12-,13-/m1/s1. The molecule has 0 aliphatic carbocycles. The molecule has 0 amide bonds. The second kappa shape index (κ2) is 7.40. The van der Waals surface area contributed by atoms with Crippen LogP contribution in [0.3, 0.4) is 0 Å². The molecular formula is C18H20FN5O. The number of ether oxygens (including phenoxy) is 1.